The third kappa shape index (κ3) is 5.47. The van der Waals surface area contributed by atoms with Crippen LogP contribution in [0.4, 0.5) is 10.1 Å². The minimum atomic E-state index is -0.176. The van der Waals surface area contributed by atoms with E-state index in [1.54, 1.807) is 19.2 Å². The number of hydrogen-bond acceptors (Lipinski definition) is 3. The largest absolute Gasteiger partial charge is 0.383 e. The van der Waals surface area contributed by atoms with E-state index in [0.717, 1.165) is 43.7 Å². The summed E-state index contributed by atoms with van der Waals surface area (Å²) in [6, 6.07) is 5.08. The van der Waals surface area contributed by atoms with Crippen molar-refractivity contribution in [2.75, 3.05) is 38.3 Å². The van der Waals surface area contributed by atoms with Gasteiger partial charge in [0.25, 0.3) is 0 Å². The lowest BCUT2D eigenvalue weighted by Gasteiger charge is -2.26. The molecule has 0 saturated heterocycles. The predicted octanol–water partition coefficient (Wildman–Crippen LogP) is 3.19. The summed E-state index contributed by atoms with van der Waals surface area (Å²) in [5.41, 5.74) is 2.16. The van der Waals surface area contributed by atoms with Crippen LogP contribution < -0.4 is 10.2 Å². The van der Waals surface area contributed by atoms with Gasteiger partial charge in [-0.3, -0.25) is 0 Å². The van der Waals surface area contributed by atoms with Crippen molar-refractivity contribution in [3.63, 3.8) is 0 Å². The molecule has 0 atom stereocenters. The highest BCUT2D eigenvalue weighted by Crippen LogP contribution is 2.22. The first-order chi connectivity index (χ1) is 9.72. The fraction of sp³-hybridized carbons (Fsp3) is 0.625. The van der Waals surface area contributed by atoms with Gasteiger partial charge in [0.15, 0.2) is 0 Å². The van der Waals surface area contributed by atoms with E-state index in [-0.39, 0.29) is 5.82 Å². The molecule has 0 saturated carbocycles. The maximum Gasteiger partial charge on any atom is 0.123 e. The molecular formula is C16H27FN2O. The number of benzene rings is 1. The van der Waals surface area contributed by atoms with Crippen LogP contribution in [0.15, 0.2) is 18.2 Å². The predicted molar refractivity (Wildman–Crippen MR) is 82.8 cm³/mol. The monoisotopic (exact) mass is 282 g/mol. The fourth-order valence-electron chi connectivity index (χ4n) is 2.29. The number of hydrogen-bond donors (Lipinski definition) is 1. The van der Waals surface area contributed by atoms with E-state index in [0.29, 0.717) is 13.2 Å². The molecular weight excluding hydrogens is 255 g/mol. The molecule has 0 aliphatic carbocycles. The van der Waals surface area contributed by atoms with Crippen molar-refractivity contribution in [2.45, 2.75) is 33.2 Å². The van der Waals surface area contributed by atoms with Gasteiger partial charge in [-0.1, -0.05) is 13.8 Å². The van der Waals surface area contributed by atoms with Crippen LogP contribution in [0.25, 0.3) is 0 Å². The molecule has 0 fully saturated rings. The van der Waals surface area contributed by atoms with Gasteiger partial charge >= 0.3 is 0 Å². The Morgan fingerprint density at radius 1 is 1.20 bits per heavy atom. The van der Waals surface area contributed by atoms with Crippen LogP contribution in [0, 0.1) is 5.82 Å². The Morgan fingerprint density at radius 3 is 2.50 bits per heavy atom. The van der Waals surface area contributed by atoms with Gasteiger partial charge in [-0.15, -0.1) is 0 Å². The van der Waals surface area contributed by atoms with E-state index in [9.17, 15) is 4.39 Å². The summed E-state index contributed by atoms with van der Waals surface area (Å²) in [4.78, 5) is 2.34. The summed E-state index contributed by atoms with van der Waals surface area (Å²) in [5, 5.41) is 3.29. The van der Waals surface area contributed by atoms with E-state index in [4.69, 9.17) is 4.74 Å². The molecule has 0 spiro atoms. The molecule has 0 bridgehead atoms. The Labute approximate surface area is 122 Å². The number of nitrogens with zero attached hydrogens (tertiary/aromatic N) is 1. The highest BCUT2D eigenvalue weighted by atomic mass is 19.1. The van der Waals surface area contributed by atoms with Crippen molar-refractivity contribution in [1.82, 2.24) is 5.32 Å². The standard InChI is InChI=1S/C16H27FN2O/c1-4-9-19(10-5-2)16-7-6-15(17)12-14(16)13-18-8-11-20-3/h6-7,12,18H,4-5,8-11,13H2,1-3H3. The van der Waals surface area contributed by atoms with Crippen molar-refractivity contribution in [1.29, 1.82) is 0 Å². The molecule has 1 rings (SSSR count). The number of rotatable bonds is 10. The highest BCUT2D eigenvalue weighted by molar-refractivity contribution is 5.53. The van der Waals surface area contributed by atoms with E-state index >= 15 is 0 Å². The molecule has 1 aromatic carbocycles. The first-order valence-electron chi connectivity index (χ1n) is 7.45. The number of nitrogens with one attached hydrogen (secondary N) is 1. The van der Waals surface area contributed by atoms with Crippen molar-refractivity contribution in [3.8, 4) is 0 Å². The Morgan fingerprint density at radius 2 is 1.90 bits per heavy atom. The summed E-state index contributed by atoms with van der Waals surface area (Å²) in [7, 11) is 1.68. The van der Waals surface area contributed by atoms with Crippen molar-refractivity contribution >= 4 is 5.69 Å². The third-order valence-corrected chi connectivity index (χ3v) is 3.17. The Balaban J connectivity index is 2.81. The molecule has 1 N–H and O–H groups in total. The lowest BCUT2D eigenvalue weighted by atomic mass is 10.1. The lowest BCUT2D eigenvalue weighted by Crippen LogP contribution is -2.27. The first-order valence-corrected chi connectivity index (χ1v) is 7.45. The van der Waals surface area contributed by atoms with E-state index in [1.165, 1.54) is 0 Å². The van der Waals surface area contributed by atoms with Gasteiger partial charge in [0.1, 0.15) is 5.82 Å². The van der Waals surface area contributed by atoms with Gasteiger partial charge in [0, 0.05) is 39.0 Å². The number of ether oxygens (including phenoxy) is 1. The summed E-state index contributed by atoms with van der Waals surface area (Å²) < 4.78 is 18.5. The molecule has 0 aliphatic heterocycles. The van der Waals surface area contributed by atoms with E-state index in [2.05, 4.69) is 24.1 Å². The fourth-order valence-corrected chi connectivity index (χ4v) is 2.29. The molecule has 0 unspecified atom stereocenters. The van der Waals surface area contributed by atoms with E-state index < -0.39 is 0 Å². The maximum atomic E-state index is 13.5. The van der Waals surface area contributed by atoms with Crippen LogP contribution in [0.1, 0.15) is 32.3 Å². The molecule has 4 heteroatoms. The number of halogens is 1. The molecule has 0 aromatic heterocycles. The second kappa shape index (κ2) is 9.72. The van der Waals surface area contributed by atoms with Gasteiger partial charge in [0.2, 0.25) is 0 Å². The van der Waals surface area contributed by atoms with Crippen molar-refractivity contribution < 1.29 is 9.13 Å². The summed E-state index contributed by atoms with van der Waals surface area (Å²) in [5.74, 6) is -0.176. The van der Waals surface area contributed by atoms with Gasteiger partial charge < -0.3 is 15.0 Å². The van der Waals surface area contributed by atoms with Crippen molar-refractivity contribution in [2.24, 2.45) is 0 Å². The summed E-state index contributed by atoms with van der Waals surface area (Å²) >= 11 is 0. The Bertz CT molecular complexity index is 379. The summed E-state index contributed by atoms with van der Waals surface area (Å²) in [6.07, 6.45) is 2.18. The lowest BCUT2D eigenvalue weighted by molar-refractivity contribution is 0.199. The molecule has 3 nitrogen and oxygen atoms in total. The van der Waals surface area contributed by atoms with Gasteiger partial charge in [0.05, 0.1) is 6.61 Å². The Hall–Kier alpha value is -1.13. The zero-order chi connectivity index (χ0) is 14.8. The smallest absolute Gasteiger partial charge is 0.123 e. The van der Waals surface area contributed by atoms with Gasteiger partial charge in [-0.2, -0.15) is 0 Å². The zero-order valence-electron chi connectivity index (χ0n) is 12.9. The topological polar surface area (TPSA) is 24.5 Å². The van der Waals surface area contributed by atoms with Gasteiger partial charge in [-0.25, -0.2) is 4.39 Å². The number of anilines is 1. The van der Waals surface area contributed by atoms with Crippen LogP contribution in [-0.4, -0.2) is 33.4 Å². The van der Waals surface area contributed by atoms with Crippen LogP contribution in [0.5, 0.6) is 0 Å². The minimum absolute atomic E-state index is 0.176. The molecule has 1 aromatic rings. The number of methoxy groups -OCH3 is 1. The van der Waals surface area contributed by atoms with Crippen LogP contribution in [0.3, 0.4) is 0 Å². The molecule has 0 heterocycles. The molecule has 0 aliphatic rings. The molecule has 114 valence electrons. The van der Waals surface area contributed by atoms with Crippen molar-refractivity contribution in [3.05, 3.63) is 29.6 Å². The average molecular weight is 282 g/mol. The molecule has 20 heavy (non-hydrogen) atoms. The zero-order valence-corrected chi connectivity index (χ0v) is 12.9. The summed E-state index contributed by atoms with van der Waals surface area (Å²) in [6.45, 7) is 8.45. The van der Waals surface area contributed by atoms with Crippen LogP contribution in [-0.2, 0) is 11.3 Å². The first kappa shape index (κ1) is 16.9. The minimum Gasteiger partial charge on any atom is -0.383 e. The van der Waals surface area contributed by atoms with E-state index in [1.807, 2.05) is 6.07 Å². The third-order valence-electron chi connectivity index (χ3n) is 3.17. The van der Waals surface area contributed by atoms with Crippen LogP contribution in [0.2, 0.25) is 0 Å². The normalized spacial score (nSPS) is 10.8. The van der Waals surface area contributed by atoms with Gasteiger partial charge in [-0.05, 0) is 36.6 Å². The average Bonchev–Trinajstić information content (AvgIpc) is 2.44. The Kier molecular flexibility index (Phi) is 8.23. The molecule has 0 radical (unpaired) electrons. The second-order valence-electron chi connectivity index (χ2n) is 4.93. The SMILES string of the molecule is CCCN(CCC)c1ccc(F)cc1CNCCOC. The maximum absolute atomic E-state index is 13.5. The second-order valence-corrected chi connectivity index (χ2v) is 4.93. The quantitative estimate of drug-likeness (QED) is 0.667. The highest BCUT2D eigenvalue weighted by Gasteiger charge is 2.10. The molecule has 0 amide bonds. The van der Waals surface area contributed by atoms with Crippen LogP contribution >= 0.6 is 0 Å².